The van der Waals surface area contributed by atoms with Gasteiger partial charge in [0.25, 0.3) is 0 Å². The van der Waals surface area contributed by atoms with E-state index in [1.807, 2.05) is 0 Å². The third-order valence-corrected chi connectivity index (χ3v) is 2.81. The van der Waals surface area contributed by atoms with Crippen molar-refractivity contribution in [3.05, 3.63) is 0 Å². The van der Waals surface area contributed by atoms with Crippen molar-refractivity contribution in [1.29, 1.82) is 0 Å². The molecule has 0 aliphatic rings. The van der Waals surface area contributed by atoms with E-state index in [9.17, 15) is 0 Å². The quantitative estimate of drug-likeness (QED) is 0.528. The fourth-order valence-electron chi connectivity index (χ4n) is 2.13. The van der Waals surface area contributed by atoms with Gasteiger partial charge in [-0.3, -0.25) is 0 Å². The first-order chi connectivity index (χ1) is 6.06. The topological polar surface area (TPSA) is 0 Å². The van der Waals surface area contributed by atoms with E-state index in [-0.39, 0.29) is 0 Å². The molecule has 13 heavy (non-hydrogen) atoms. The fraction of sp³-hybridized carbons (Fsp3) is 1.00. The van der Waals surface area contributed by atoms with E-state index >= 15 is 0 Å². The number of hydrogen-bond donors (Lipinski definition) is 0. The average Bonchev–Trinajstić information content (AvgIpc) is 2.00. The van der Waals surface area contributed by atoms with E-state index in [4.69, 9.17) is 0 Å². The summed E-state index contributed by atoms with van der Waals surface area (Å²) in [7, 11) is 0. The lowest BCUT2D eigenvalue weighted by Crippen LogP contribution is -2.03. The van der Waals surface area contributed by atoms with Gasteiger partial charge in [0.2, 0.25) is 0 Å². The van der Waals surface area contributed by atoms with E-state index in [0.29, 0.717) is 0 Å². The molecule has 0 aromatic rings. The van der Waals surface area contributed by atoms with Gasteiger partial charge >= 0.3 is 0 Å². The van der Waals surface area contributed by atoms with E-state index in [1.165, 1.54) is 32.1 Å². The smallest absolute Gasteiger partial charge is 0.0440 e. The summed E-state index contributed by atoms with van der Waals surface area (Å²) < 4.78 is 0. The van der Waals surface area contributed by atoms with Crippen LogP contribution in [0.25, 0.3) is 0 Å². The third-order valence-electron chi connectivity index (χ3n) is 2.81. The van der Waals surface area contributed by atoms with Crippen molar-refractivity contribution in [2.75, 3.05) is 0 Å². The van der Waals surface area contributed by atoms with Gasteiger partial charge in [-0.2, -0.15) is 0 Å². The molecule has 0 bridgehead atoms. The highest BCUT2D eigenvalue weighted by atomic mass is 14.1. The molecule has 0 fully saturated rings. The van der Waals surface area contributed by atoms with Gasteiger partial charge in [0.05, 0.1) is 0 Å². The summed E-state index contributed by atoms with van der Waals surface area (Å²) in [4.78, 5) is 0. The van der Waals surface area contributed by atoms with Crippen molar-refractivity contribution in [3.8, 4) is 0 Å². The minimum absolute atomic E-state index is 0.872. The molecular weight excluding hydrogens is 156 g/mol. The molecule has 0 rings (SSSR count). The molecule has 0 saturated carbocycles. The van der Waals surface area contributed by atoms with Crippen LogP contribution in [0.2, 0.25) is 0 Å². The zero-order valence-electron chi connectivity index (χ0n) is 10.3. The molecule has 0 spiro atoms. The van der Waals surface area contributed by atoms with Gasteiger partial charge in [0.1, 0.15) is 0 Å². The van der Waals surface area contributed by atoms with Crippen LogP contribution in [0.5, 0.6) is 0 Å². The van der Waals surface area contributed by atoms with Crippen molar-refractivity contribution >= 4 is 0 Å². The van der Waals surface area contributed by atoms with E-state index in [2.05, 4.69) is 34.6 Å². The van der Waals surface area contributed by atoms with Crippen LogP contribution in [-0.4, -0.2) is 0 Å². The molecule has 0 aliphatic carbocycles. The Kier molecular flexibility index (Phi) is 7.41. The van der Waals surface area contributed by atoms with Gasteiger partial charge in [-0.15, -0.1) is 0 Å². The maximum absolute atomic E-state index is 2.40. The summed E-state index contributed by atoms with van der Waals surface area (Å²) in [5.41, 5.74) is 0. The van der Waals surface area contributed by atoms with E-state index in [1.54, 1.807) is 0 Å². The minimum Gasteiger partial charge on any atom is -0.0654 e. The number of hydrogen-bond acceptors (Lipinski definition) is 0. The predicted octanol–water partition coefficient (Wildman–Crippen LogP) is 4.89. The van der Waals surface area contributed by atoms with Gasteiger partial charge in [-0.1, -0.05) is 60.3 Å². The number of rotatable bonds is 7. The average molecular weight is 184 g/mol. The molecule has 0 radical (unpaired) electrons. The van der Waals surface area contributed by atoms with Crippen molar-refractivity contribution in [1.82, 2.24) is 0 Å². The lowest BCUT2D eigenvalue weighted by Gasteiger charge is -2.16. The predicted molar refractivity (Wildman–Crippen MR) is 61.9 cm³/mol. The first-order valence-corrected chi connectivity index (χ1v) is 6.06. The fourth-order valence-corrected chi connectivity index (χ4v) is 2.13. The second-order valence-electron chi connectivity index (χ2n) is 5.21. The minimum atomic E-state index is 0.872. The summed E-state index contributed by atoms with van der Waals surface area (Å²) in [5, 5.41) is 0. The highest BCUT2D eigenvalue weighted by Gasteiger charge is 2.07. The van der Waals surface area contributed by atoms with Crippen LogP contribution in [0.1, 0.15) is 66.7 Å². The Balaban J connectivity index is 3.40. The molecule has 0 aromatic carbocycles. The lowest BCUT2D eigenvalue weighted by molar-refractivity contribution is 0.362. The largest absolute Gasteiger partial charge is 0.0654 e. The monoisotopic (exact) mass is 184 g/mol. The molecule has 0 aliphatic heterocycles. The molecule has 0 heteroatoms. The summed E-state index contributed by atoms with van der Waals surface area (Å²) in [6.45, 7) is 11.7. The SMILES string of the molecule is CCCC(C)CCC(C)CC(C)C. The van der Waals surface area contributed by atoms with Crippen molar-refractivity contribution in [2.24, 2.45) is 17.8 Å². The third kappa shape index (κ3) is 8.33. The van der Waals surface area contributed by atoms with Gasteiger partial charge in [-0.05, 0) is 24.2 Å². The first kappa shape index (κ1) is 13.0. The molecule has 0 amide bonds. The van der Waals surface area contributed by atoms with Crippen LogP contribution in [0.3, 0.4) is 0 Å². The maximum atomic E-state index is 2.40. The molecule has 80 valence electrons. The standard InChI is InChI=1S/C13H28/c1-6-7-12(4)8-9-13(5)10-11(2)3/h11-13H,6-10H2,1-5H3. The normalized spacial score (nSPS) is 16.2. The lowest BCUT2D eigenvalue weighted by atomic mass is 9.90. The molecule has 0 nitrogen and oxygen atoms in total. The van der Waals surface area contributed by atoms with Gasteiger partial charge < -0.3 is 0 Å². The summed E-state index contributed by atoms with van der Waals surface area (Å²) >= 11 is 0. The van der Waals surface area contributed by atoms with Crippen molar-refractivity contribution in [3.63, 3.8) is 0 Å². The molecule has 2 atom stereocenters. The first-order valence-electron chi connectivity index (χ1n) is 6.06. The van der Waals surface area contributed by atoms with Crippen LogP contribution >= 0.6 is 0 Å². The van der Waals surface area contributed by atoms with Crippen molar-refractivity contribution in [2.45, 2.75) is 66.7 Å². The molecule has 2 unspecified atom stereocenters. The van der Waals surface area contributed by atoms with Crippen LogP contribution in [0.4, 0.5) is 0 Å². The zero-order chi connectivity index (χ0) is 10.3. The summed E-state index contributed by atoms with van der Waals surface area (Å²) in [5.74, 6) is 2.75. The molecule has 0 saturated heterocycles. The van der Waals surface area contributed by atoms with Crippen LogP contribution in [0, 0.1) is 17.8 Å². The second kappa shape index (κ2) is 7.41. The maximum Gasteiger partial charge on any atom is -0.0440 e. The van der Waals surface area contributed by atoms with Crippen LogP contribution < -0.4 is 0 Å². The van der Waals surface area contributed by atoms with Crippen LogP contribution in [-0.2, 0) is 0 Å². The Hall–Kier alpha value is 0. The molecular formula is C13H28. The second-order valence-corrected chi connectivity index (χ2v) is 5.21. The molecule has 0 N–H and O–H groups in total. The Morgan fingerprint density at radius 2 is 1.31 bits per heavy atom. The van der Waals surface area contributed by atoms with Crippen LogP contribution in [0.15, 0.2) is 0 Å². The summed E-state index contributed by atoms with van der Waals surface area (Å²) in [6.07, 6.45) is 7.02. The Labute approximate surface area is 85.1 Å². The van der Waals surface area contributed by atoms with Gasteiger partial charge in [0.15, 0.2) is 0 Å². The Bertz CT molecular complexity index is 105. The highest BCUT2D eigenvalue weighted by molar-refractivity contribution is 4.59. The highest BCUT2D eigenvalue weighted by Crippen LogP contribution is 2.21. The zero-order valence-corrected chi connectivity index (χ0v) is 10.3. The van der Waals surface area contributed by atoms with E-state index < -0.39 is 0 Å². The summed E-state index contributed by atoms with van der Waals surface area (Å²) in [6, 6.07) is 0. The Morgan fingerprint density at radius 1 is 0.769 bits per heavy atom. The van der Waals surface area contributed by atoms with Crippen molar-refractivity contribution < 1.29 is 0 Å². The molecule has 0 aromatic heterocycles. The van der Waals surface area contributed by atoms with Gasteiger partial charge in [0, 0.05) is 0 Å². The van der Waals surface area contributed by atoms with Gasteiger partial charge in [-0.25, -0.2) is 0 Å². The Morgan fingerprint density at radius 3 is 1.77 bits per heavy atom. The van der Waals surface area contributed by atoms with E-state index in [0.717, 1.165) is 17.8 Å². The molecule has 0 heterocycles.